The molecular formula is C17H26BrN3O. The van der Waals surface area contributed by atoms with Crippen LogP contribution in [0.4, 0.5) is 0 Å². The standard InChI is InChI=1S/C17H26BrN3O/c1-13(2)21-12-14(18)11-15(21)16(22)20-9-5-17(6-10-20)3-7-19-8-4-17/h11-13,19H,3-10H2,1-2H3. The zero-order chi connectivity index (χ0) is 15.7. The van der Waals surface area contributed by atoms with E-state index < -0.39 is 0 Å². The van der Waals surface area contributed by atoms with E-state index in [9.17, 15) is 4.79 Å². The number of nitrogens with one attached hydrogen (secondary N) is 1. The smallest absolute Gasteiger partial charge is 0.270 e. The molecule has 5 heteroatoms. The second kappa shape index (κ2) is 6.36. The van der Waals surface area contributed by atoms with Crippen molar-refractivity contribution >= 4 is 21.8 Å². The maximum absolute atomic E-state index is 12.9. The fourth-order valence-electron chi connectivity index (χ4n) is 3.85. The van der Waals surface area contributed by atoms with Gasteiger partial charge in [-0.15, -0.1) is 0 Å². The Balaban J connectivity index is 1.69. The molecule has 1 spiro atoms. The predicted molar refractivity (Wildman–Crippen MR) is 92.2 cm³/mol. The third kappa shape index (κ3) is 3.11. The summed E-state index contributed by atoms with van der Waals surface area (Å²) in [6.45, 7) is 8.31. The highest BCUT2D eigenvalue weighted by Gasteiger charge is 2.37. The van der Waals surface area contributed by atoms with Gasteiger partial charge >= 0.3 is 0 Å². The molecule has 1 aromatic heterocycles. The third-order valence-corrected chi connectivity index (χ3v) is 5.80. The van der Waals surface area contributed by atoms with Gasteiger partial charge < -0.3 is 14.8 Å². The normalized spacial score (nSPS) is 21.5. The van der Waals surface area contributed by atoms with Gasteiger partial charge in [0.15, 0.2) is 0 Å². The third-order valence-electron chi connectivity index (χ3n) is 5.37. The van der Waals surface area contributed by atoms with Gasteiger partial charge in [0.1, 0.15) is 5.69 Å². The number of hydrogen-bond acceptors (Lipinski definition) is 2. The van der Waals surface area contributed by atoms with Crippen molar-refractivity contribution in [1.29, 1.82) is 0 Å². The van der Waals surface area contributed by atoms with Crippen LogP contribution in [0.3, 0.4) is 0 Å². The molecule has 1 aromatic rings. The summed E-state index contributed by atoms with van der Waals surface area (Å²) in [6, 6.07) is 2.25. The quantitative estimate of drug-likeness (QED) is 0.869. The first-order valence-corrected chi connectivity index (χ1v) is 9.17. The van der Waals surface area contributed by atoms with Crippen LogP contribution in [0.25, 0.3) is 0 Å². The van der Waals surface area contributed by atoms with Crippen molar-refractivity contribution in [3.8, 4) is 0 Å². The zero-order valence-corrected chi connectivity index (χ0v) is 15.2. The van der Waals surface area contributed by atoms with Crippen LogP contribution in [0.5, 0.6) is 0 Å². The lowest BCUT2D eigenvalue weighted by Crippen LogP contribution is -2.47. The highest BCUT2D eigenvalue weighted by atomic mass is 79.9. The summed E-state index contributed by atoms with van der Waals surface area (Å²) in [6.07, 6.45) is 6.86. The molecule has 1 amide bonds. The summed E-state index contributed by atoms with van der Waals surface area (Å²) in [5, 5.41) is 3.45. The molecule has 2 aliphatic rings. The van der Waals surface area contributed by atoms with Crippen LogP contribution < -0.4 is 5.32 Å². The Morgan fingerprint density at radius 2 is 1.86 bits per heavy atom. The molecule has 122 valence electrons. The molecule has 1 N–H and O–H groups in total. The van der Waals surface area contributed by atoms with E-state index in [1.54, 1.807) is 0 Å². The number of amides is 1. The SMILES string of the molecule is CC(C)n1cc(Br)cc1C(=O)N1CCC2(CCNCC2)CC1. The second-order valence-electron chi connectivity index (χ2n) is 7.09. The van der Waals surface area contributed by atoms with Gasteiger partial charge in [0, 0.05) is 29.8 Å². The molecule has 0 radical (unpaired) electrons. The van der Waals surface area contributed by atoms with Gasteiger partial charge in [-0.3, -0.25) is 4.79 Å². The minimum atomic E-state index is 0.184. The average molecular weight is 368 g/mol. The van der Waals surface area contributed by atoms with E-state index in [-0.39, 0.29) is 5.91 Å². The first-order chi connectivity index (χ1) is 10.5. The van der Waals surface area contributed by atoms with E-state index in [0.717, 1.165) is 49.2 Å². The summed E-state index contributed by atoms with van der Waals surface area (Å²) in [7, 11) is 0. The van der Waals surface area contributed by atoms with E-state index in [1.807, 2.05) is 17.2 Å². The van der Waals surface area contributed by atoms with Crippen molar-refractivity contribution in [3.63, 3.8) is 0 Å². The summed E-state index contributed by atoms with van der Waals surface area (Å²) >= 11 is 3.50. The number of hydrogen-bond donors (Lipinski definition) is 1. The maximum Gasteiger partial charge on any atom is 0.270 e. The van der Waals surface area contributed by atoms with Crippen LogP contribution in [0.15, 0.2) is 16.7 Å². The zero-order valence-electron chi connectivity index (χ0n) is 13.6. The summed E-state index contributed by atoms with van der Waals surface area (Å²) in [5.41, 5.74) is 1.30. The Morgan fingerprint density at radius 3 is 2.45 bits per heavy atom. The van der Waals surface area contributed by atoms with Gasteiger partial charge in [-0.05, 0) is 80.0 Å². The van der Waals surface area contributed by atoms with Crippen LogP contribution in [0.2, 0.25) is 0 Å². The molecule has 0 atom stereocenters. The second-order valence-corrected chi connectivity index (χ2v) is 8.00. The van der Waals surface area contributed by atoms with Crippen molar-refractivity contribution in [2.24, 2.45) is 5.41 Å². The lowest BCUT2D eigenvalue weighted by Gasteiger charge is -2.44. The van der Waals surface area contributed by atoms with Crippen LogP contribution >= 0.6 is 15.9 Å². The monoisotopic (exact) mass is 367 g/mol. The molecule has 0 saturated carbocycles. The van der Waals surface area contributed by atoms with E-state index in [2.05, 4.69) is 39.7 Å². The molecule has 2 fully saturated rings. The first kappa shape index (κ1) is 16.1. The Labute approximate surface area is 141 Å². The summed E-state index contributed by atoms with van der Waals surface area (Å²) < 4.78 is 3.05. The highest BCUT2D eigenvalue weighted by Crippen LogP contribution is 2.39. The molecule has 22 heavy (non-hydrogen) atoms. The Kier molecular flexibility index (Phi) is 4.64. The number of halogens is 1. The predicted octanol–water partition coefficient (Wildman–Crippen LogP) is 3.44. The van der Waals surface area contributed by atoms with Crippen molar-refractivity contribution in [2.75, 3.05) is 26.2 Å². The molecule has 2 aliphatic heterocycles. The van der Waals surface area contributed by atoms with Crippen LogP contribution in [-0.2, 0) is 0 Å². The summed E-state index contributed by atoms with van der Waals surface area (Å²) in [4.78, 5) is 14.9. The van der Waals surface area contributed by atoms with E-state index in [0.29, 0.717) is 11.5 Å². The molecule has 4 nitrogen and oxygen atoms in total. The topological polar surface area (TPSA) is 37.3 Å². The molecule has 2 saturated heterocycles. The van der Waals surface area contributed by atoms with Crippen LogP contribution in [-0.4, -0.2) is 41.6 Å². The molecule has 0 bridgehead atoms. The fourth-order valence-corrected chi connectivity index (χ4v) is 4.28. The van der Waals surface area contributed by atoms with E-state index >= 15 is 0 Å². The van der Waals surface area contributed by atoms with Gasteiger partial charge in [-0.1, -0.05) is 0 Å². The number of carbonyl (C=O) groups is 1. The minimum absolute atomic E-state index is 0.184. The number of aromatic nitrogens is 1. The average Bonchev–Trinajstić information content (AvgIpc) is 2.90. The number of nitrogens with zero attached hydrogens (tertiary/aromatic N) is 2. The number of likely N-dealkylation sites (tertiary alicyclic amines) is 1. The van der Waals surface area contributed by atoms with E-state index in [4.69, 9.17) is 0 Å². The minimum Gasteiger partial charge on any atom is -0.340 e. The largest absolute Gasteiger partial charge is 0.340 e. The lowest BCUT2D eigenvalue weighted by atomic mass is 9.71. The molecular weight excluding hydrogens is 342 g/mol. The first-order valence-electron chi connectivity index (χ1n) is 8.38. The Morgan fingerprint density at radius 1 is 1.23 bits per heavy atom. The van der Waals surface area contributed by atoms with Crippen molar-refractivity contribution in [1.82, 2.24) is 14.8 Å². The van der Waals surface area contributed by atoms with E-state index in [1.165, 1.54) is 12.8 Å². The maximum atomic E-state index is 12.9. The van der Waals surface area contributed by atoms with Crippen molar-refractivity contribution in [3.05, 3.63) is 22.4 Å². The Bertz CT molecular complexity index is 536. The van der Waals surface area contributed by atoms with Gasteiger partial charge in [0.05, 0.1) is 0 Å². The lowest BCUT2D eigenvalue weighted by molar-refractivity contribution is 0.0485. The molecule has 3 rings (SSSR count). The number of piperidine rings is 2. The Hall–Kier alpha value is -0.810. The van der Waals surface area contributed by atoms with Gasteiger partial charge in [-0.2, -0.15) is 0 Å². The molecule has 0 aliphatic carbocycles. The summed E-state index contributed by atoms with van der Waals surface area (Å²) in [5.74, 6) is 0.184. The fraction of sp³-hybridized carbons (Fsp3) is 0.706. The number of carbonyl (C=O) groups excluding carboxylic acids is 1. The van der Waals surface area contributed by atoms with Gasteiger partial charge in [-0.25, -0.2) is 0 Å². The van der Waals surface area contributed by atoms with Gasteiger partial charge in [0.2, 0.25) is 0 Å². The van der Waals surface area contributed by atoms with Crippen molar-refractivity contribution in [2.45, 2.75) is 45.6 Å². The highest BCUT2D eigenvalue weighted by molar-refractivity contribution is 9.10. The molecule has 3 heterocycles. The van der Waals surface area contributed by atoms with Crippen molar-refractivity contribution < 1.29 is 4.79 Å². The molecule has 0 unspecified atom stereocenters. The van der Waals surface area contributed by atoms with Crippen LogP contribution in [0, 0.1) is 5.41 Å². The van der Waals surface area contributed by atoms with Crippen LogP contribution in [0.1, 0.15) is 56.1 Å². The number of rotatable bonds is 2. The molecule has 0 aromatic carbocycles. The van der Waals surface area contributed by atoms with Gasteiger partial charge in [0.25, 0.3) is 5.91 Å².